The fraction of sp³-hybridized carbons (Fsp3) is 0.333. The number of fused-ring (bicyclic) bond motifs is 1. The van der Waals surface area contributed by atoms with E-state index in [4.69, 9.17) is 4.74 Å². The third-order valence-corrected chi connectivity index (χ3v) is 3.16. The number of rotatable bonds is 3. The van der Waals surface area contributed by atoms with Crippen molar-refractivity contribution in [3.05, 3.63) is 34.4 Å². The minimum absolute atomic E-state index is 0.769. The van der Waals surface area contributed by atoms with Crippen molar-refractivity contribution < 1.29 is 4.74 Å². The zero-order valence-corrected chi connectivity index (χ0v) is 10.5. The van der Waals surface area contributed by atoms with Crippen molar-refractivity contribution in [1.82, 2.24) is 4.57 Å². The molecule has 2 aromatic rings. The molecule has 0 spiro atoms. The molecule has 0 fully saturated rings. The number of aromatic nitrogens is 1. The third-order valence-electron chi connectivity index (χ3n) is 2.67. The highest BCUT2D eigenvalue weighted by Gasteiger charge is 2.05. The Morgan fingerprint density at radius 1 is 1.33 bits per heavy atom. The third kappa shape index (κ3) is 2.08. The number of methoxy groups -OCH3 is 1. The molecule has 0 aliphatic rings. The summed E-state index contributed by atoms with van der Waals surface area (Å²) in [5.41, 5.74) is 2.57. The molecule has 80 valence electrons. The number of hydrogen-bond donors (Lipinski definition) is 0. The number of aryl methyl sites for hydroxylation is 1. The number of halogens is 1. The van der Waals surface area contributed by atoms with Crippen LogP contribution in [0, 0.1) is 0 Å². The molecule has 0 unspecified atom stereocenters. The molecule has 1 aromatic carbocycles. The predicted octanol–water partition coefficient (Wildman–Crippen LogP) is 3.13. The first kappa shape index (κ1) is 10.7. The maximum absolute atomic E-state index is 5.10. The summed E-state index contributed by atoms with van der Waals surface area (Å²) in [5, 5.41) is 1.28. The quantitative estimate of drug-likeness (QED) is 0.834. The van der Waals surface area contributed by atoms with Gasteiger partial charge in [0.05, 0.1) is 6.61 Å². The molecule has 1 heterocycles. The Morgan fingerprint density at radius 3 is 2.87 bits per heavy atom. The van der Waals surface area contributed by atoms with E-state index in [9.17, 15) is 0 Å². The summed E-state index contributed by atoms with van der Waals surface area (Å²) in [6.07, 6.45) is 0.958. The summed E-state index contributed by atoms with van der Waals surface area (Å²) in [4.78, 5) is 0. The average molecular weight is 268 g/mol. The molecule has 0 aliphatic carbocycles. The van der Waals surface area contributed by atoms with Crippen LogP contribution in [0.2, 0.25) is 0 Å². The standard InChI is InChI=1S/C12H14BrNO/c1-14-11(5-6-15-2)7-9-3-4-10(13)8-12(9)14/h3-4,7-8H,5-6H2,1-2H3. The Labute approximate surface area is 98.0 Å². The van der Waals surface area contributed by atoms with E-state index in [1.165, 1.54) is 16.6 Å². The molecule has 0 aliphatic heterocycles. The van der Waals surface area contributed by atoms with Crippen molar-refractivity contribution >= 4 is 26.8 Å². The van der Waals surface area contributed by atoms with Crippen LogP contribution in [0.1, 0.15) is 5.69 Å². The lowest BCUT2D eigenvalue weighted by Gasteiger charge is -2.03. The molecule has 0 bridgehead atoms. The summed E-state index contributed by atoms with van der Waals surface area (Å²) < 4.78 is 8.44. The first-order valence-electron chi connectivity index (χ1n) is 4.95. The molecule has 2 nitrogen and oxygen atoms in total. The van der Waals surface area contributed by atoms with E-state index < -0.39 is 0 Å². The molecule has 0 atom stereocenters. The summed E-state index contributed by atoms with van der Waals surface area (Å²) in [5.74, 6) is 0. The topological polar surface area (TPSA) is 14.2 Å². The van der Waals surface area contributed by atoms with Gasteiger partial charge in [0.25, 0.3) is 0 Å². The van der Waals surface area contributed by atoms with Crippen LogP contribution in [-0.2, 0) is 18.2 Å². The highest BCUT2D eigenvalue weighted by molar-refractivity contribution is 9.10. The van der Waals surface area contributed by atoms with Crippen LogP contribution in [0.3, 0.4) is 0 Å². The smallest absolute Gasteiger partial charge is 0.0517 e. The molecule has 0 saturated carbocycles. The van der Waals surface area contributed by atoms with Crippen molar-refractivity contribution in [3.8, 4) is 0 Å². The van der Waals surface area contributed by atoms with Gasteiger partial charge in [-0.05, 0) is 23.6 Å². The maximum atomic E-state index is 5.10. The summed E-state index contributed by atoms with van der Waals surface area (Å²) >= 11 is 3.49. The SMILES string of the molecule is COCCc1cc2ccc(Br)cc2n1C. The number of hydrogen-bond acceptors (Lipinski definition) is 1. The van der Waals surface area contributed by atoms with Gasteiger partial charge >= 0.3 is 0 Å². The Kier molecular flexibility index (Phi) is 3.12. The van der Waals surface area contributed by atoms with Gasteiger partial charge in [0, 0.05) is 36.3 Å². The van der Waals surface area contributed by atoms with Gasteiger partial charge in [-0.1, -0.05) is 22.0 Å². The van der Waals surface area contributed by atoms with Gasteiger partial charge in [-0.3, -0.25) is 0 Å². The van der Waals surface area contributed by atoms with Crippen LogP contribution in [0.5, 0.6) is 0 Å². The van der Waals surface area contributed by atoms with Crippen LogP contribution >= 0.6 is 15.9 Å². The van der Waals surface area contributed by atoms with Crippen molar-refractivity contribution in [2.24, 2.45) is 7.05 Å². The Hall–Kier alpha value is -0.800. The van der Waals surface area contributed by atoms with Crippen LogP contribution in [-0.4, -0.2) is 18.3 Å². The van der Waals surface area contributed by atoms with E-state index in [1.807, 2.05) is 0 Å². The van der Waals surface area contributed by atoms with Gasteiger partial charge in [0.15, 0.2) is 0 Å². The van der Waals surface area contributed by atoms with Crippen LogP contribution in [0.4, 0.5) is 0 Å². The van der Waals surface area contributed by atoms with Crippen molar-refractivity contribution in [2.45, 2.75) is 6.42 Å². The van der Waals surface area contributed by atoms with E-state index >= 15 is 0 Å². The first-order valence-corrected chi connectivity index (χ1v) is 5.74. The van der Waals surface area contributed by atoms with E-state index in [0.717, 1.165) is 17.5 Å². The summed E-state index contributed by atoms with van der Waals surface area (Å²) in [7, 11) is 3.83. The van der Waals surface area contributed by atoms with E-state index in [0.29, 0.717) is 0 Å². The Morgan fingerprint density at radius 2 is 2.13 bits per heavy atom. The second-order valence-electron chi connectivity index (χ2n) is 3.64. The van der Waals surface area contributed by atoms with Crippen LogP contribution in [0.15, 0.2) is 28.7 Å². The Balaban J connectivity index is 2.45. The van der Waals surface area contributed by atoms with Crippen LogP contribution in [0.25, 0.3) is 10.9 Å². The molecule has 3 heteroatoms. The van der Waals surface area contributed by atoms with Crippen molar-refractivity contribution in [1.29, 1.82) is 0 Å². The molecule has 0 amide bonds. The largest absolute Gasteiger partial charge is 0.384 e. The van der Waals surface area contributed by atoms with Gasteiger partial charge in [-0.15, -0.1) is 0 Å². The zero-order chi connectivity index (χ0) is 10.8. The molecule has 15 heavy (non-hydrogen) atoms. The number of nitrogens with zero attached hydrogens (tertiary/aromatic N) is 1. The normalized spacial score (nSPS) is 11.1. The monoisotopic (exact) mass is 267 g/mol. The predicted molar refractivity (Wildman–Crippen MR) is 66.2 cm³/mol. The fourth-order valence-corrected chi connectivity index (χ4v) is 2.16. The van der Waals surface area contributed by atoms with Crippen LogP contribution < -0.4 is 0 Å². The average Bonchev–Trinajstić information content (AvgIpc) is 2.53. The van der Waals surface area contributed by atoms with E-state index in [-0.39, 0.29) is 0 Å². The van der Waals surface area contributed by atoms with Gasteiger partial charge in [0.1, 0.15) is 0 Å². The molecular weight excluding hydrogens is 254 g/mol. The number of benzene rings is 1. The van der Waals surface area contributed by atoms with Crippen molar-refractivity contribution in [2.75, 3.05) is 13.7 Å². The zero-order valence-electron chi connectivity index (χ0n) is 8.96. The molecule has 0 N–H and O–H groups in total. The maximum Gasteiger partial charge on any atom is 0.0517 e. The second-order valence-corrected chi connectivity index (χ2v) is 4.56. The van der Waals surface area contributed by atoms with Crippen molar-refractivity contribution in [3.63, 3.8) is 0 Å². The molecule has 1 aromatic heterocycles. The second kappa shape index (κ2) is 4.37. The lowest BCUT2D eigenvalue weighted by molar-refractivity contribution is 0.201. The Bertz CT molecular complexity index is 476. The first-order chi connectivity index (χ1) is 7.22. The summed E-state index contributed by atoms with van der Waals surface area (Å²) in [6.45, 7) is 0.769. The lowest BCUT2D eigenvalue weighted by atomic mass is 10.2. The van der Waals surface area contributed by atoms with Gasteiger partial charge in [-0.2, -0.15) is 0 Å². The fourth-order valence-electron chi connectivity index (χ4n) is 1.81. The highest BCUT2D eigenvalue weighted by atomic mass is 79.9. The van der Waals surface area contributed by atoms with E-state index in [1.54, 1.807) is 7.11 Å². The van der Waals surface area contributed by atoms with E-state index in [2.05, 4.69) is 51.8 Å². The van der Waals surface area contributed by atoms with Gasteiger partial charge in [-0.25, -0.2) is 0 Å². The lowest BCUT2D eigenvalue weighted by Crippen LogP contribution is -2.00. The summed E-state index contributed by atoms with van der Waals surface area (Å²) in [6, 6.07) is 8.57. The number of ether oxygens (including phenoxy) is 1. The molecule has 0 saturated heterocycles. The molecule has 2 rings (SSSR count). The van der Waals surface area contributed by atoms with Gasteiger partial charge < -0.3 is 9.30 Å². The van der Waals surface area contributed by atoms with Gasteiger partial charge in [0.2, 0.25) is 0 Å². The minimum Gasteiger partial charge on any atom is -0.384 e. The molecule has 0 radical (unpaired) electrons. The minimum atomic E-state index is 0.769. The molecular formula is C12H14BrNO. The highest BCUT2D eigenvalue weighted by Crippen LogP contribution is 2.23.